The van der Waals surface area contributed by atoms with Crippen molar-refractivity contribution in [3.63, 3.8) is 0 Å². The summed E-state index contributed by atoms with van der Waals surface area (Å²) in [5, 5.41) is 9.46. The lowest BCUT2D eigenvalue weighted by Gasteiger charge is -2.38. The summed E-state index contributed by atoms with van der Waals surface area (Å²) in [7, 11) is 0. The van der Waals surface area contributed by atoms with E-state index in [1.165, 1.54) is 0 Å². The highest BCUT2D eigenvalue weighted by molar-refractivity contribution is 5.93. The molecule has 8 heteroatoms. The predicted octanol–water partition coefficient (Wildman–Crippen LogP) is 5.21. The molecule has 0 amide bonds. The standard InChI is InChI=1S/C18H24F6O2/c1-10(2)15(25)5-3-4-12-6-11-7-13(14(12)8-11)9-16(26,17(19,20)21)18(22,23)24/h11-14,26H,1,3-9H2,2H3. The molecule has 2 saturated carbocycles. The molecule has 2 rings (SSSR count). The fourth-order valence-electron chi connectivity index (χ4n) is 4.73. The van der Waals surface area contributed by atoms with Gasteiger partial charge in [-0.05, 0) is 74.7 Å². The molecule has 2 bridgehead atoms. The molecule has 150 valence electrons. The van der Waals surface area contributed by atoms with Crippen LogP contribution in [0, 0.1) is 23.7 Å². The minimum absolute atomic E-state index is 0.0161. The molecule has 0 saturated heterocycles. The van der Waals surface area contributed by atoms with Crippen LogP contribution < -0.4 is 0 Å². The number of fused-ring (bicyclic) bond motifs is 2. The van der Waals surface area contributed by atoms with Crippen LogP contribution in [0.15, 0.2) is 12.2 Å². The van der Waals surface area contributed by atoms with Crippen molar-refractivity contribution in [3.8, 4) is 0 Å². The van der Waals surface area contributed by atoms with E-state index < -0.39 is 30.3 Å². The van der Waals surface area contributed by atoms with Gasteiger partial charge in [-0.3, -0.25) is 4.79 Å². The quantitative estimate of drug-likeness (QED) is 0.482. The number of aliphatic hydroxyl groups is 1. The zero-order chi connectivity index (χ0) is 19.9. The van der Waals surface area contributed by atoms with Crippen molar-refractivity contribution in [2.45, 2.75) is 69.8 Å². The van der Waals surface area contributed by atoms with Gasteiger partial charge < -0.3 is 5.11 Å². The molecule has 2 aliphatic rings. The van der Waals surface area contributed by atoms with Crippen molar-refractivity contribution in [1.29, 1.82) is 0 Å². The van der Waals surface area contributed by atoms with E-state index in [-0.39, 0.29) is 23.5 Å². The van der Waals surface area contributed by atoms with Crippen LogP contribution in [0.2, 0.25) is 0 Å². The van der Waals surface area contributed by atoms with Gasteiger partial charge in [0.15, 0.2) is 5.78 Å². The zero-order valence-corrected chi connectivity index (χ0v) is 14.6. The van der Waals surface area contributed by atoms with Crippen LogP contribution in [0.25, 0.3) is 0 Å². The molecule has 4 unspecified atom stereocenters. The first-order valence-corrected chi connectivity index (χ1v) is 8.80. The van der Waals surface area contributed by atoms with Gasteiger partial charge in [0.2, 0.25) is 0 Å². The lowest BCUT2D eigenvalue weighted by molar-refractivity contribution is -0.373. The van der Waals surface area contributed by atoms with Crippen LogP contribution in [-0.4, -0.2) is 28.8 Å². The Morgan fingerprint density at radius 3 is 2.04 bits per heavy atom. The number of halogens is 6. The monoisotopic (exact) mass is 386 g/mol. The first kappa shape index (κ1) is 21.3. The van der Waals surface area contributed by atoms with Gasteiger partial charge in [0.1, 0.15) is 0 Å². The minimum atomic E-state index is -5.75. The second-order valence-corrected chi connectivity index (χ2v) is 7.91. The van der Waals surface area contributed by atoms with Crippen molar-refractivity contribution in [2.75, 3.05) is 0 Å². The molecule has 0 radical (unpaired) electrons. The lowest BCUT2D eigenvalue weighted by Crippen LogP contribution is -2.58. The first-order chi connectivity index (χ1) is 11.8. The Kier molecular flexibility index (Phi) is 5.86. The van der Waals surface area contributed by atoms with Gasteiger partial charge in [-0.25, -0.2) is 0 Å². The molecule has 0 aromatic heterocycles. The Hall–Kier alpha value is -1.05. The summed E-state index contributed by atoms with van der Waals surface area (Å²) in [5.74, 6) is -1.01. The highest BCUT2D eigenvalue weighted by Gasteiger charge is 2.71. The van der Waals surface area contributed by atoms with Gasteiger partial charge in [0, 0.05) is 6.42 Å². The minimum Gasteiger partial charge on any atom is -0.374 e. The van der Waals surface area contributed by atoms with E-state index in [0.29, 0.717) is 37.7 Å². The molecule has 0 spiro atoms. The number of ketones is 1. The van der Waals surface area contributed by atoms with Gasteiger partial charge in [-0.1, -0.05) is 6.58 Å². The van der Waals surface area contributed by atoms with Crippen molar-refractivity contribution in [2.24, 2.45) is 23.7 Å². The fourth-order valence-corrected chi connectivity index (χ4v) is 4.73. The maximum absolute atomic E-state index is 12.9. The Labute approximate surface area is 148 Å². The molecule has 26 heavy (non-hydrogen) atoms. The van der Waals surface area contributed by atoms with Gasteiger partial charge in [-0.15, -0.1) is 0 Å². The highest BCUT2D eigenvalue weighted by atomic mass is 19.4. The normalized spacial score (nSPS) is 29.2. The Bertz CT molecular complexity index is 537. The third-order valence-electron chi connectivity index (χ3n) is 6.04. The smallest absolute Gasteiger partial charge is 0.374 e. The molecule has 2 aliphatic carbocycles. The molecular weight excluding hydrogens is 362 g/mol. The summed E-state index contributed by atoms with van der Waals surface area (Å²) < 4.78 is 77.7. The van der Waals surface area contributed by atoms with Crippen molar-refractivity contribution >= 4 is 5.78 Å². The molecular formula is C18H24F6O2. The van der Waals surface area contributed by atoms with E-state index in [9.17, 15) is 36.2 Å². The average molecular weight is 386 g/mol. The van der Waals surface area contributed by atoms with Crippen LogP contribution in [0.4, 0.5) is 26.3 Å². The number of Topliss-reactive ketones (excluding diaryl/α,β-unsaturated/α-hetero) is 1. The maximum atomic E-state index is 12.9. The Morgan fingerprint density at radius 1 is 1.04 bits per heavy atom. The van der Waals surface area contributed by atoms with Gasteiger partial charge in [0.05, 0.1) is 0 Å². The van der Waals surface area contributed by atoms with Gasteiger partial charge >= 0.3 is 12.4 Å². The first-order valence-electron chi connectivity index (χ1n) is 8.80. The summed E-state index contributed by atoms with van der Waals surface area (Å²) in [5.41, 5.74) is -4.22. The van der Waals surface area contributed by atoms with E-state index in [0.717, 1.165) is 6.42 Å². The van der Waals surface area contributed by atoms with Crippen LogP contribution in [0.1, 0.15) is 51.9 Å². The van der Waals surface area contributed by atoms with E-state index >= 15 is 0 Å². The summed E-state index contributed by atoms with van der Waals surface area (Å²) in [6.07, 6.45) is -9.71. The van der Waals surface area contributed by atoms with E-state index in [2.05, 4.69) is 6.58 Å². The summed E-state index contributed by atoms with van der Waals surface area (Å²) in [6, 6.07) is 0. The predicted molar refractivity (Wildman–Crippen MR) is 83.2 cm³/mol. The Balaban J connectivity index is 2.01. The number of hydrogen-bond acceptors (Lipinski definition) is 2. The van der Waals surface area contributed by atoms with Gasteiger partial charge in [0.25, 0.3) is 5.60 Å². The lowest BCUT2D eigenvalue weighted by atomic mass is 9.73. The van der Waals surface area contributed by atoms with Crippen LogP contribution >= 0.6 is 0 Å². The van der Waals surface area contributed by atoms with Gasteiger partial charge in [-0.2, -0.15) is 26.3 Å². The zero-order valence-electron chi connectivity index (χ0n) is 14.6. The molecule has 1 N–H and O–H groups in total. The maximum Gasteiger partial charge on any atom is 0.426 e. The van der Waals surface area contributed by atoms with E-state index in [1.807, 2.05) is 0 Å². The second kappa shape index (κ2) is 7.17. The number of rotatable bonds is 7. The van der Waals surface area contributed by atoms with Crippen LogP contribution in [-0.2, 0) is 4.79 Å². The molecule has 0 aliphatic heterocycles. The Morgan fingerprint density at radius 2 is 1.58 bits per heavy atom. The van der Waals surface area contributed by atoms with Crippen LogP contribution in [0.5, 0.6) is 0 Å². The molecule has 0 aromatic rings. The van der Waals surface area contributed by atoms with Crippen molar-refractivity contribution in [1.82, 2.24) is 0 Å². The number of allylic oxidation sites excluding steroid dienone is 1. The highest BCUT2D eigenvalue weighted by Crippen LogP contribution is 2.58. The SMILES string of the molecule is C=C(C)C(=O)CCCC1CC2CC(CC(O)(C(F)(F)F)C(F)(F)F)C1C2. The van der Waals surface area contributed by atoms with Crippen molar-refractivity contribution < 1.29 is 36.2 Å². The average Bonchev–Trinajstić information content (AvgIpc) is 3.04. The largest absolute Gasteiger partial charge is 0.426 e. The summed E-state index contributed by atoms with van der Waals surface area (Å²) in [4.78, 5) is 11.6. The number of carbonyl (C=O) groups is 1. The molecule has 0 aromatic carbocycles. The van der Waals surface area contributed by atoms with E-state index in [1.54, 1.807) is 6.92 Å². The third kappa shape index (κ3) is 4.10. The molecule has 4 atom stereocenters. The molecule has 2 nitrogen and oxygen atoms in total. The second-order valence-electron chi connectivity index (χ2n) is 7.91. The third-order valence-corrected chi connectivity index (χ3v) is 6.04. The summed E-state index contributed by atoms with van der Waals surface area (Å²) >= 11 is 0. The van der Waals surface area contributed by atoms with Crippen LogP contribution in [0.3, 0.4) is 0 Å². The van der Waals surface area contributed by atoms with E-state index in [4.69, 9.17) is 0 Å². The summed E-state index contributed by atoms with van der Waals surface area (Å²) in [6.45, 7) is 5.15. The molecule has 2 fully saturated rings. The van der Waals surface area contributed by atoms with Crippen molar-refractivity contribution in [3.05, 3.63) is 12.2 Å². The topological polar surface area (TPSA) is 37.3 Å². The number of hydrogen-bond donors (Lipinski definition) is 1. The number of carbonyl (C=O) groups excluding carboxylic acids is 1. The fraction of sp³-hybridized carbons (Fsp3) is 0.833. The number of alkyl halides is 6. The molecule has 0 heterocycles.